The van der Waals surface area contributed by atoms with E-state index in [1.165, 1.54) is 31.5 Å². The monoisotopic (exact) mass is 261 g/mol. The quantitative estimate of drug-likeness (QED) is 0.825. The molecule has 0 spiro atoms. The maximum Gasteiger partial charge on any atom is 0.0562 e. The van der Waals surface area contributed by atoms with Crippen molar-refractivity contribution >= 4 is 5.69 Å². The van der Waals surface area contributed by atoms with Crippen molar-refractivity contribution in [1.29, 1.82) is 0 Å². The van der Waals surface area contributed by atoms with Gasteiger partial charge in [-0.25, -0.2) is 0 Å². The highest BCUT2D eigenvalue weighted by Crippen LogP contribution is 2.31. The van der Waals surface area contributed by atoms with E-state index in [9.17, 15) is 0 Å². The molecule has 2 rings (SSSR count). The Bertz CT molecular complexity index is 401. The number of nitrogens with one attached hydrogen (secondary N) is 1. The summed E-state index contributed by atoms with van der Waals surface area (Å²) in [6.07, 6.45) is 5.73. The number of rotatable bonds is 5. The van der Waals surface area contributed by atoms with Crippen molar-refractivity contribution in [2.24, 2.45) is 5.41 Å². The highest BCUT2D eigenvalue weighted by molar-refractivity contribution is 5.47. The number of nitrogens with zero attached hydrogens (tertiary/aromatic N) is 2. The second kappa shape index (κ2) is 6.38. The fraction of sp³-hybridized carbons (Fsp3) is 0.688. The summed E-state index contributed by atoms with van der Waals surface area (Å²) in [6, 6.07) is 4.38. The Balaban J connectivity index is 2.01. The molecule has 106 valence electrons. The van der Waals surface area contributed by atoms with E-state index in [1.54, 1.807) is 0 Å². The van der Waals surface area contributed by atoms with Gasteiger partial charge >= 0.3 is 0 Å². The minimum absolute atomic E-state index is 0.433. The first-order chi connectivity index (χ1) is 9.11. The number of pyridine rings is 1. The van der Waals surface area contributed by atoms with Crippen LogP contribution in [0.4, 0.5) is 5.69 Å². The fourth-order valence-corrected chi connectivity index (χ4v) is 2.80. The summed E-state index contributed by atoms with van der Waals surface area (Å²) in [7, 11) is 0. The molecule has 0 amide bonds. The standard InChI is InChI=1S/C16H27N3/c1-4-8-17-12-14-11-15(6-9-18-14)19-10-5-7-16(2,3)13-19/h6,9,11,17H,4-5,7-8,10,12-13H2,1-3H3. The van der Waals surface area contributed by atoms with Gasteiger partial charge in [0, 0.05) is 31.5 Å². The maximum absolute atomic E-state index is 4.45. The van der Waals surface area contributed by atoms with E-state index in [0.29, 0.717) is 5.41 Å². The summed E-state index contributed by atoms with van der Waals surface area (Å²) in [6.45, 7) is 11.2. The predicted molar refractivity (Wildman–Crippen MR) is 81.5 cm³/mol. The van der Waals surface area contributed by atoms with Crippen LogP contribution < -0.4 is 10.2 Å². The Labute approximate surface area is 117 Å². The summed E-state index contributed by atoms with van der Waals surface area (Å²) >= 11 is 0. The molecule has 3 nitrogen and oxygen atoms in total. The molecule has 1 N–H and O–H groups in total. The van der Waals surface area contributed by atoms with Gasteiger partial charge in [0.05, 0.1) is 5.69 Å². The Morgan fingerprint density at radius 3 is 3.00 bits per heavy atom. The van der Waals surface area contributed by atoms with Crippen molar-refractivity contribution in [2.75, 3.05) is 24.5 Å². The summed E-state index contributed by atoms with van der Waals surface area (Å²) < 4.78 is 0. The lowest BCUT2D eigenvalue weighted by molar-refractivity contribution is 0.293. The van der Waals surface area contributed by atoms with Gasteiger partial charge in [0.15, 0.2) is 0 Å². The van der Waals surface area contributed by atoms with Crippen LogP contribution >= 0.6 is 0 Å². The van der Waals surface area contributed by atoms with Crippen molar-refractivity contribution in [2.45, 2.75) is 46.6 Å². The Morgan fingerprint density at radius 2 is 2.26 bits per heavy atom. The first-order valence-corrected chi connectivity index (χ1v) is 7.51. The molecule has 1 aromatic rings. The second-order valence-corrected chi connectivity index (χ2v) is 6.37. The zero-order chi connectivity index (χ0) is 13.7. The molecule has 0 saturated carbocycles. The fourth-order valence-electron chi connectivity index (χ4n) is 2.80. The van der Waals surface area contributed by atoms with Crippen LogP contribution in [0, 0.1) is 5.41 Å². The van der Waals surface area contributed by atoms with Crippen LogP contribution in [0.2, 0.25) is 0 Å². The average molecular weight is 261 g/mol. The SMILES string of the molecule is CCCNCc1cc(N2CCCC(C)(C)C2)ccn1. The van der Waals surface area contributed by atoms with E-state index in [1.807, 2.05) is 6.20 Å². The van der Waals surface area contributed by atoms with Gasteiger partial charge in [-0.3, -0.25) is 4.98 Å². The van der Waals surface area contributed by atoms with Crippen molar-refractivity contribution in [1.82, 2.24) is 10.3 Å². The van der Waals surface area contributed by atoms with Crippen LogP contribution in [0.5, 0.6) is 0 Å². The molecular weight excluding hydrogens is 234 g/mol. The molecule has 1 fully saturated rings. The largest absolute Gasteiger partial charge is 0.371 e. The lowest BCUT2D eigenvalue weighted by Gasteiger charge is -2.39. The molecule has 1 saturated heterocycles. The Hall–Kier alpha value is -1.09. The number of piperidine rings is 1. The number of aromatic nitrogens is 1. The number of anilines is 1. The summed E-state index contributed by atoms with van der Waals surface area (Å²) in [5.74, 6) is 0. The van der Waals surface area contributed by atoms with Gasteiger partial charge < -0.3 is 10.2 Å². The normalized spacial score (nSPS) is 18.6. The zero-order valence-corrected chi connectivity index (χ0v) is 12.6. The van der Waals surface area contributed by atoms with Crippen molar-refractivity contribution in [3.05, 3.63) is 24.0 Å². The molecule has 3 heteroatoms. The minimum atomic E-state index is 0.433. The van der Waals surface area contributed by atoms with Crippen molar-refractivity contribution in [3.63, 3.8) is 0 Å². The van der Waals surface area contributed by atoms with Crippen LogP contribution in [0.3, 0.4) is 0 Å². The summed E-state index contributed by atoms with van der Waals surface area (Å²) in [5.41, 5.74) is 2.91. The smallest absolute Gasteiger partial charge is 0.0562 e. The Morgan fingerprint density at radius 1 is 1.42 bits per heavy atom. The molecule has 0 bridgehead atoms. The molecule has 2 heterocycles. The number of hydrogen-bond donors (Lipinski definition) is 1. The minimum Gasteiger partial charge on any atom is -0.371 e. The molecule has 1 aliphatic heterocycles. The van der Waals surface area contributed by atoms with Gasteiger partial charge in [-0.2, -0.15) is 0 Å². The third-order valence-electron chi connectivity index (χ3n) is 3.80. The van der Waals surface area contributed by atoms with Crippen molar-refractivity contribution in [3.8, 4) is 0 Å². The number of hydrogen-bond acceptors (Lipinski definition) is 3. The third-order valence-corrected chi connectivity index (χ3v) is 3.80. The van der Waals surface area contributed by atoms with Gasteiger partial charge in [0.2, 0.25) is 0 Å². The van der Waals surface area contributed by atoms with E-state index < -0.39 is 0 Å². The van der Waals surface area contributed by atoms with Gasteiger partial charge in [0.1, 0.15) is 0 Å². The van der Waals surface area contributed by atoms with Gasteiger partial charge in [-0.1, -0.05) is 20.8 Å². The summed E-state index contributed by atoms with van der Waals surface area (Å²) in [5, 5.41) is 3.42. The molecule has 0 aliphatic carbocycles. The van der Waals surface area contributed by atoms with Gasteiger partial charge in [-0.15, -0.1) is 0 Å². The molecule has 1 aliphatic rings. The van der Waals surface area contributed by atoms with Crippen molar-refractivity contribution < 1.29 is 0 Å². The zero-order valence-electron chi connectivity index (χ0n) is 12.6. The molecular formula is C16H27N3. The highest BCUT2D eigenvalue weighted by Gasteiger charge is 2.26. The second-order valence-electron chi connectivity index (χ2n) is 6.37. The van der Waals surface area contributed by atoms with Crippen LogP contribution in [-0.2, 0) is 6.54 Å². The van der Waals surface area contributed by atoms with Crippen LogP contribution in [0.15, 0.2) is 18.3 Å². The molecule has 19 heavy (non-hydrogen) atoms. The third kappa shape index (κ3) is 4.20. The molecule has 0 aromatic carbocycles. The summed E-state index contributed by atoms with van der Waals surface area (Å²) in [4.78, 5) is 6.96. The van der Waals surface area contributed by atoms with Crippen LogP contribution in [-0.4, -0.2) is 24.6 Å². The van der Waals surface area contributed by atoms with Crippen LogP contribution in [0.1, 0.15) is 45.7 Å². The topological polar surface area (TPSA) is 28.2 Å². The average Bonchev–Trinajstić information content (AvgIpc) is 2.38. The molecule has 0 radical (unpaired) electrons. The first kappa shape index (κ1) is 14.3. The van der Waals surface area contributed by atoms with Gasteiger partial charge in [-0.05, 0) is 43.4 Å². The van der Waals surface area contributed by atoms with Gasteiger partial charge in [0.25, 0.3) is 0 Å². The van der Waals surface area contributed by atoms with Crippen LogP contribution in [0.25, 0.3) is 0 Å². The van der Waals surface area contributed by atoms with E-state index in [0.717, 1.165) is 25.3 Å². The van der Waals surface area contributed by atoms with E-state index >= 15 is 0 Å². The van der Waals surface area contributed by atoms with E-state index in [-0.39, 0.29) is 0 Å². The molecule has 0 atom stereocenters. The lowest BCUT2D eigenvalue weighted by Crippen LogP contribution is -2.40. The van der Waals surface area contributed by atoms with E-state index in [4.69, 9.17) is 0 Å². The molecule has 1 aromatic heterocycles. The maximum atomic E-state index is 4.45. The highest BCUT2D eigenvalue weighted by atomic mass is 15.1. The molecule has 0 unspecified atom stereocenters. The van der Waals surface area contributed by atoms with E-state index in [2.05, 4.69) is 48.1 Å². The predicted octanol–water partition coefficient (Wildman–Crippen LogP) is 3.21. The Kier molecular flexibility index (Phi) is 4.81. The first-order valence-electron chi connectivity index (χ1n) is 7.51. The lowest BCUT2D eigenvalue weighted by atomic mass is 9.84.